The molecule has 0 saturated carbocycles. The molecule has 0 bridgehead atoms. The van der Waals surface area contributed by atoms with Crippen LogP contribution in [0.25, 0.3) is 11.1 Å². The van der Waals surface area contributed by atoms with Crippen LogP contribution >= 0.6 is 0 Å². The second kappa shape index (κ2) is 13.0. The molecule has 1 aliphatic rings. The van der Waals surface area contributed by atoms with Gasteiger partial charge in [-0.15, -0.1) is 0 Å². The Kier molecular flexibility index (Phi) is 10.1. The van der Waals surface area contributed by atoms with Crippen molar-refractivity contribution in [2.75, 3.05) is 26.8 Å². The normalized spacial score (nSPS) is 24.4. The monoisotopic (exact) mass is 468 g/mol. The van der Waals surface area contributed by atoms with Gasteiger partial charge < -0.3 is 25.2 Å². The molecule has 3 N–H and O–H groups in total. The SMILES string of the molecule is CCNC(C)C1C(O)CC(COC)OC1CC(C)CNC(=O)c1ccc(-c2ccccc2)cc1. The molecule has 1 fully saturated rings. The average molecular weight is 469 g/mol. The van der Waals surface area contributed by atoms with Crippen LogP contribution in [-0.4, -0.2) is 62.2 Å². The van der Waals surface area contributed by atoms with Crippen LogP contribution in [0.3, 0.4) is 0 Å². The number of aliphatic hydroxyl groups is 1. The largest absolute Gasteiger partial charge is 0.393 e. The summed E-state index contributed by atoms with van der Waals surface area (Å²) >= 11 is 0. The molecule has 0 radical (unpaired) electrons. The summed E-state index contributed by atoms with van der Waals surface area (Å²) in [6.45, 7) is 8.15. The molecule has 1 aliphatic heterocycles. The fraction of sp³-hybridized carbons (Fsp3) is 0.536. The Labute approximate surface area is 204 Å². The summed E-state index contributed by atoms with van der Waals surface area (Å²) in [5.74, 6) is 0.116. The van der Waals surface area contributed by atoms with Crippen LogP contribution in [0.2, 0.25) is 0 Å². The molecule has 34 heavy (non-hydrogen) atoms. The van der Waals surface area contributed by atoms with E-state index in [1.165, 1.54) is 0 Å². The minimum absolute atomic E-state index is 0.00302. The molecule has 186 valence electrons. The van der Waals surface area contributed by atoms with E-state index in [9.17, 15) is 9.90 Å². The first-order valence-electron chi connectivity index (χ1n) is 12.4. The molecule has 3 rings (SSSR count). The van der Waals surface area contributed by atoms with Gasteiger partial charge in [0.2, 0.25) is 0 Å². The van der Waals surface area contributed by atoms with Gasteiger partial charge in [0.25, 0.3) is 5.91 Å². The molecule has 1 saturated heterocycles. The zero-order valence-corrected chi connectivity index (χ0v) is 20.9. The van der Waals surface area contributed by atoms with E-state index in [0.29, 0.717) is 25.1 Å². The van der Waals surface area contributed by atoms with E-state index in [2.05, 4.69) is 43.5 Å². The Morgan fingerprint density at radius 1 is 1.12 bits per heavy atom. The van der Waals surface area contributed by atoms with Gasteiger partial charge in [-0.3, -0.25) is 4.79 Å². The zero-order chi connectivity index (χ0) is 24.5. The first-order chi connectivity index (χ1) is 16.4. The highest BCUT2D eigenvalue weighted by Crippen LogP contribution is 2.32. The molecule has 2 aromatic carbocycles. The number of aliphatic hydroxyl groups excluding tert-OH is 1. The highest BCUT2D eigenvalue weighted by atomic mass is 16.5. The van der Waals surface area contributed by atoms with Crippen molar-refractivity contribution in [2.24, 2.45) is 11.8 Å². The van der Waals surface area contributed by atoms with E-state index >= 15 is 0 Å². The van der Waals surface area contributed by atoms with Gasteiger partial charge in [0.15, 0.2) is 0 Å². The fourth-order valence-corrected chi connectivity index (χ4v) is 4.98. The molecule has 0 aliphatic carbocycles. The molecule has 6 heteroatoms. The third kappa shape index (κ3) is 7.12. The summed E-state index contributed by atoms with van der Waals surface area (Å²) in [6, 6.07) is 18.0. The molecule has 2 aromatic rings. The summed E-state index contributed by atoms with van der Waals surface area (Å²) in [6.07, 6.45) is 0.674. The summed E-state index contributed by atoms with van der Waals surface area (Å²) in [4.78, 5) is 12.7. The Balaban J connectivity index is 1.57. The number of carbonyl (C=O) groups excluding carboxylic acids is 1. The molecule has 1 heterocycles. The molecular weight excluding hydrogens is 428 g/mol. The predicted molar refractivity (Wildman–Crippen MR) is 136 cm³/mol. The van der Waals surface area contributed by atoms with Crippen molar-refractivity contribution in [1.82, 2.24) is 10.6 Å². The van der Waals surface area contributed by atoms with E-state index in [1.807, 2.05) is 42.5 Å². The molecular formula is C28H40N2O4. The number of carbonyl (C=O) groups is 1. The minimum atomic E-state index is -0.446. The second-order valence-electron chi connectivity index (χ2n) is 9.47. The molecule has 6 atom stereocenters. The molecule has 1 amide bonds. The Morgan fingerprint density at radius 2 is 1.79 bits per heavy atom. The van der Waals surface area contributed by atoms with Crippen LogP contribution < -0.4 is 10.6 Å². The Hall–Kier alpha value is -2.25. The number of methoxy groups -OCH3 is 1. The number of nitrogens with one attached hydrogen (secondary N) is 2. The lowest BCUT2D eigenvalue weighted by Crippen LogP contribution is -2.54. The zero-order valence-electron chi connectivity index (χ0n) is 20.9. The smallest absolute Gasteiger partial charge is 0.251 e. The maximum absolute atomic E-state index is 12.7. The van der Waals surface area contributed by atoms with Crippen molar-refractivity contribution in [3.8, 4) is 11.1 Å². The topological polar surface area (TPSA) is 79.8 Å². The lowest BCUT2D eigenvalue weighted by Gasteiger charge is -2.43. The van der Waals surface area contributed by atoms with Crippen molar-refractivity contribution < 1.29 is 19.4 Å². The molecule has 0 aromatic heterocycles. The summed E-state index contributed by atoms with van der Waals surface area (Å²) < 4.78 is 11.6. The summed E-state index contributed by atoms with van der Waals surface area (Å²) in [5.41, 5.74) is 2.87. The molecule has 6 unspecified atom stereocenters. The number of amides is 1. The van der Waals surface area contributed by atoms with Crippen LogP contribution in [0.1, 0.15) is 44.0 Å². The van der Waals surface area contributed by atoms with Crippen molar-refractivity contribution in [3.05, 3.63) is 60.2 Å². The van der Waals surface area contributed by atoms with Gasteiger partial charge in [0.1, 0.15) is 0 Å². The van der Waals surface area contributed by atoms with E-state index < -0.39 is 6.10 Å². The fourth-order valence-electron chi connectivity index (χ4n) is 4.98. The standard InChI is InChI=1S/C28H40N2O4/c1-5-29-20(3)27-25(31)16-24(18-33-4)34-26(27)15-19(2)17-30-28(32)23-13-11-22(12-14-23)21-9-7-6-8-10-21/h6-14,19-20,24-27,29,31H,5,15-18H2,1-4H3,(H,30,32). The van der Waals surface area contributed by atoms with Crippen molar-refractivity contribution in [1.29, 1.82) is 0 Å². The van der Waals surface area contributed by atoms with Crippen molar-refractivity contribution in [3.63, 3.8) is 0 Å². The summed E-state index contributed by atoms with van der Waals surface area (Å²) in [5, 5.41) is 17.4. The maximum Gasteiger partial charge on any atom is 0.251 e. The van der Waals surface area contributed by atoms with Gasteiger partial charge in [0, 0.05) is 37.6 Å². The molecule has 0 spiro atoms. The van der Waals surface area contributed by atoms with Gasteiger partial charge in [0.05, 0.1) is 24.9 Å². The van der Waals surface area contributed by atoms with Crippen LogP contribution in [-0.2, 0) is 9.47 Å². The number of rotatable bonds is 11. The van der Waals surface area contributed by atoms with Gasteiger partial charge in [-0.1, -0.05) is 56.3 Å². The predicted octanol–water partition coefficient (Wildman–Crippen LogP) is 3.89. The van der Waals surface area contributed by atoms with E-state index in [4.69, 9.17) is 9.47 Å². The van der Waals surface area contributed by atoms with E-state index in [1.54, 1.807) is 7.11 Å². The lowest BCUT2D eigenvalue weighted by atomic mass is 9.80. The van der Waals surface area contributed by atoms with E-state index in [-0.39, 0.29) is 36.0 Å². The third-order valence-corrected chi connectivity index (χ3v) is 6.70. The highest BCUT2D eigenvalue weighted by Gasteiger charge is 2.41. The van der Waals surface area contributed by atoms with Crippen LogP contribution in [0.4, 0.5) is 0 Å². The van der Waals surface area contributed by atoms with E-state index in [0.717, 1.165) is 24.1 Å². The first-order valence-corrected chi connectivity index (χ1v) is 12.4. The number of ether oxygens (including phenoxy) is 2. The van der Waals surface area contributed by atoms with Gasteiger partial charge >= 0.3 is 0 Å². The van der Waals surface area contributed by atoms with Gasteiger partial charge in [-0.2, -0.15) is 0 Å². The Bertz CT molecular complexity index is 874. The number of benzene rings is 2. The average Bonchev–Trinajstić information content (AvgIpc) is 2.83. The quantitative estimate of drug-likeness (QED) is 0.466. The Morgan fingerprint density at radius 3 is 2.44 bits per heavy atom. The number of hydrogen-bond acceptors (Lipinski definition) is 5. The first kappa shape index (κ1) is 26.4. The molecule has 6 nitrogen and oxygen atoms in total. The van der Waals surface area contributed by atoms with Crippen LogP contribution in [0.15, 0.2) is 54.6 Å². The third-order valence-electron chi connectivity index (χ3n) is 6.70. The maximum atomic E-state index is 12.7. The number of hydrogen-bond donors (Lipinski definition) is 3. The van der Waals surface area contributed by atoms with Gasteiger partial charge in [-0.25, -0.2) is 0 Å². The highest BCUT2D eigenvalue weighted by molar-refractivity contribution is 5.94. The summed E-state index contributed by atoms with van der Waals surface area (Å²) in [7, 11) is 1.66. The van der Waals surface area contributed by atoms with Crippen molar-refractivity contribution >= 4 is 5.91 Å². The van der Waals surface area contributed by atoms with Crippen LogP contribution in [0, 0.1) is 11.8 Å². The minimum Gasteiger partial charge on any atom is -0.393 e. The van der Waals surface area contributed by atoms with Crippen molar-refractivity contribution in [2.45, 2.75) is 58.0 Å². The van der Waals surface area contributed by atoms with Crippen LogP contribution in [0.5, 0.6) is 0 Å². The lowest BCUT2D eigenvalue weighted by molar-refractivity contribution is -0.162. The van der Waals surface area contributed by atoms with Gasteiger partial charge in [-0.05, 0) is 49.1 Å². The second-order valence-corrected chi connectivity index (χ2v) is 9.47.